The Morgan fingerprint density at radius 3 is 0.837 bits per heavy atom. The number of rotatable bonds is 4. The standard InChI is InChI=1S/C42H30.CH4/c1-2-16-28-36(32-21-9-4-10-22-32)42-40(34-25-13-6-14-26-34)38-30-18-17-29-37(38)39(33-23-11-5-12-24-33)41(42)35(27-15-1)31-19-7-3-8-20-31;/h1-30H;1H4. The Morgan fingerprint density at radius 2 is 0.488 bits per heavy atom. The molecule has 0 heteroatoms. The van der Waals surface area contributed by atoms with Crippen molar-refractivity contribution in [2.45, 2.75) is 7.43 Å². The first-order chi connectivity index (χ1) is 20.9. The highest BCUT2D eigenvalue weighted by atomic mass is 14.2. The van der Waals surface area contributed by atoms with Crippen LogP contribution in [-0.4, -0.2) is 0 Å². The van der Waals surface area contributed by atoms with Crippen LogP contribution in [-0.2, 0) is 0 Å². The molecule has 206 valence electrons. The Bertz CT molecular complexity index is 1890. The van der Waals surface area contributed by atoms with E-state index in [1.54, 1.807) is 0 Å². The lowest BCUT2D eigenvalue weighted by molar-refractivity contribution is 1.62. The van der Waals surface area contributed by atoms with E-state index in [0.29, 0.717) is 0 Å². The molecule has 0 amide bonds. The van der Waals surface area contributed by atoms with Gasteiger partial charge < -0.3 is 0 Å². The summed E-state index contributed by atoms with van der Waals surface area (Å²) in [6.45, 7) is 0. The van der Waals surface area contributed by atoms with Crippen molar-refractivity contribution in [2.24, 2.45) is 0 Å². The lowest BCUT2D eigenvalue weighted by Crippen LogP contribution is -1.94. The Labute approximate surface area is 254 Å². The molecular formula is C43H34. The molecule has 0 saturated carbocycles. The maximum Gasteiger partial charge on any atom is -0.000786 e. The molecule has 0 unspecified atom stereocenters. The lowest BCUT2D eigenvalue weighted by Gasteiger charge is -2.21. The van der Waals surface area contributed by atoms with Crippen molar-refractivity contribution in [2.75, 3.05) is 0 Å². The Hall–Kier alpha value is -5.46. The fraction of sp³-hybridized carbons (Fsp3) is 0.0233. The van der Waals surface area contributed by atoms with Crippen LogP contribution in [0, 0.1) is 0 Å². The molecule has 0 aliphatic carbocycles. The molecule has 7 aromatic carbocycles. The summed E-state index contributed by atoms with van der Waals surface area (Å²) in [6, 6.07) is 65.4. The van der Waals surface area contributed by atoms with E-state index in [4.69, 9.17) is 0 Å². The minimum absolute atomic E-state index is 0. The Kier molecular flexibility index (Phi) is 8.11. The predicted molar refractivity (Wildman–Crippen MR) is 188 cm³/mol. The third kappa shape index (κ3) is 5.32. The molecule has 0 nitrogen and oxygen atoms in total. The van der Waals surface area contributed by atoms with Gasteiger partial charge in [-0.2, -0.15) is 0 Å². The maximum absolute atomic E-state index is 2.29. The van der Waals surface area contributed by atoms with Crippen LogP contribution in [0.4, 0.5) is 0 Å². The zero-order chi connectivity index (χ0) is 28.1. The van der Waals surface area contributed by atoms with Gasteiger partial charge in [-0.05, 0) is 66.1 Å². The van der Waals surface area contributed by atoms with E-state index in [1.165, 1.54) is 66.1 Å². The summed E-state index contributed by atoms with van der Waals surface area (Å²) in [4.78, 5) is 0. The van der Waals surface area contributed by atoms with Crippen molar-refractivity contribution in [1.29, 1.82) is 0 Å². The van der Waals surface area contributed by atoms with Crippen molar-refractivity contribution < 1.29 is 0 Å². The van der Waals surface area contributed by atoms with Crippen molar-refractivity contribution in [3.63, 3.8) is 0 Å². The van der Waals surface area contributed by atoms with Gasteiger partial charge in [0.1, 0.15) is 0 Å². The zero-order valence-corrected chi connectivity index (χ0v) is 23.3. The van der Waals surface area contributed by atoms with Crippen molar-refractivity contribution >= 4 is 21.5 Å². The summed E-state index contributed by atoms with van der Waals surface area (Å²) in [5.41, 5.74) is 9.66. The average molecular weight is 551 g/mol. The molecule has 0 heterocycles. The van der Waals surface area contributed by atoms with E-state index in [9.17, 15) is 0 Å². The molecule has 0 radical (unpaired) electrons. The first kappa shape index (κ1) is 27.7. The second kappa shape index (κ2) is 12.6. The van der Waals surface area contributed by atoms with Crippen LogP contribution < -0.4 is 0 Å². The van der Waals surface area contributed by atoms with Gasteiger partial charge in [0, 0.05) is 0 Å². The maximum atomic E-state index is 2.29. The molecule has 0 saturated heterocycles. The van der Waals surface area contributed by atoms with Gasteiger partial charge >= 0.3 is 0 Å². The van der Waals surface area contributed by atoms with Crippen LogP contribution in [0.3, 0.4) is 0 Å². The highest BCUT2D eigenvalue weighted by Crippen LogP contribution is 2.48. The van der Waals surface area contributed by atoms with Gasteiger partial charge in [-0.25, -0.2) is 0 Å². The fourth-order valence-corrected chi connectivity index (χ4v) is 6.10. The van der Waals surface area contributed by atoms with Gasteiger partial charge in [-0.3, -0.25) is 0 Å². The van der Waals surface area contributed by atoms with Crippen molar-refractivity contribution in [3.05, 3.63) is 182 Å². The minimum Gasteiger partial charge on any atom is -0.0776 e. The van der Waals surface area contributed by atoms with E-state index in [2.05, 4.69) is 182 Å². The number of benzene rings is 6. The van der Waals surface area contributed by atoms with Gasteiger partial charge in [0.05, 0.1) is 0 Å². The summed E-state index contributed by atoms with van der Waals surface area (Å²) in [6.07, 6.45) is 0. The summed E-state index contributed by atoms with van der Waals surface area (Å²) in [7, 11) is 0. The average Bonchev–Trinajstić information content (AvgIpc) is 3.07. The van der Waals surface area contributed by atoms with E-state index in [-0.39, 0.29) is 7.43 Å². The largest absolute Gasteiger partial charge is 0.0776 e. The van der Waals surface area contributed by atoms with Gasteiger partial charge in [-0.1, -0.05) is 189 Å². The molecule has 0 aliphatic rings. The molecule has 7 rings (SSSR count). The molecule has 7 aromatic rings. The minimum atomic E-state index is 0. The highest BCUT2D eigenvalue weighted by Gasteiger charge is 2.21. The van der Waals surface area contributed by atoms with Gasteiger partial charge in [0.25, 0.3) is 0 Å². The fourth-order valence-electron chi connectivity index (χ4n) is 6.10. The smallest absolute Gasteiger partial charge is 0.000786 e. The van der Waals surface area contributed by atoms with Crippen LogP contribution in [0.1, 0.15) is 7.43 Å². The van der Waals surface area contributed by atoms with Crippen molar-refractivity contribution in [3.8, 4) is 44.5 Å². The van der Waals surface area contributed by atoms with Crippen LogP contribution in [0.15, 0.2) is 182 Å². The van der Waals surface area contributed by atoms with E-state index < -0.39 is 0 Å². The molecule has 0 atom stereocenters. The monoisotopic (exact) mass is 550 g/mol. The number of hydrogen-bond acceptors (Lipinski definition) is 0. The zero-order valence-electron chi connectivity index (χ0n) is 23.3. The number of hydrogen-bond donors (Lipinski definition) is 0. The highest BCUT2D eigenvalue weighted by molar-refractivity contribution is 6.27. The topological polar surface area (TPSA) is 0 Å². The van der Waals surface area contributed by atoms with Gasteiger partial charge in [0.2, 0.25) is 0 Å². The Balaban J connectivity index is 0.00000329. The summed E-state index contributed by atoms with van der Waals surface area (Å²) < 4.78 is 0. The molecule has 0 bridgehead atoms. The molecule has 0 aromatic heterocycles. The van der Waals surface area contributed by atoms with Crippen LogP contribution in [0.2, 0.25) is 0 Å². The van der Waals surface area contributed by atoms with E-state index in [0.717, 1.165) is 0 Å². The second-order valence-corrected chi connectivity index (χ2v) is 10.4. The molecule has 0 fully saturated rings. The third-order valence-corrected chi connectivity index (χ3v) is 7.91. The van der Waals surface area contributed by atoms with E-state index in [1.807, 2.05) is 0 Å². The second-order valence-electron chi connectivity index (χ2n) is 10.4. The SMILES string of the molecule is C.c1ccc(-c2ccccccc(-c3ccccc3)c3c(-c4ccccc4)c4ccccc4c(-c4ccccc4)c23)cc1. The predicted octanol–water partition coefficient (Wildman–Crippen LogP) is 12.4. The molecule has 0 N–H and O–H groups in total. The van der Waals surface area contributed by atoms with Gasteiger partial charge in [-0.15, -0.1) is 0 Å². The Morgan fingerprint density at radius 1 is 0.233 bits per heavy atom. The first-order valence-electron chi connectivity index (χ1n) is 14.5. The first-order valence-corrected chi connectivity index (χ1v) is 14.5. The van der Waals surface area contributed by atoms with Crippen LogP contribution >= 0.6 is 0 Å². The summed E-state index contributed by atoms with van der Waals surface area (Å²) >= 11 is 0. The quantitative estimate of drug-likeness (QED) is 0.204. The van der Waals surface area contributed by atoms with E-state index >= 15 is 0 Å². The third-order valence-electron chi connectivity index (χ3n) is 7.91. The normalized spacial score (nSPS) is 10.6. The molecule has 43 heavy (non-hydrogen) atoms. The van der Waals surface area contributed by atoms with Crippen molar-refractivity contribution in [1.82, 2.24) is 0 Å². The summed E-state index contributed by atoms with van der Waals surface area (Å²) in [5.74, 6) is 0. The summed E-state index contributed by atoms with van der Waals surface area (Å²) in [5, 5.41) is 4.96. The molecule has 0 spiro atoms. The lowest BCUT2D eigenvalue weighted by atomic mass is 9.81. The molecule has 0 aliphatic heterocycles. The van der Waals surface area contributed by atoms with Crippen LogP contribution in [0.5, 0.6) is 0 Å². The van der Waals surface area contributed by atoms with Gasteiger partial charge in [0.15, 0.2) is 0 Å². The van der Waals surface area contributed by atoms with Crippen LogP contribution in [0.25, 0.3) is 66.1 Å². The number of fused-ring (bicyclic) bond motifs is 2. The molecular weight excluding hydrogens is 516 g/mol.